The van der Waals surface area contributed by atoms with Crippen LogP contribution >= 0.6 is 0 Å². The van der Waals surface area contributed by atoms with E-state index in [9.17, 15) is 9.59 Å². The van der Waals surface area contributed by atoms with E-state index in [2.05, 4.69) is 62.4 Å². The molecular weight excluding hydrogens is 544 g/mol. The summed E-state index contributed by atoms with van der Waals surface area (Å²) in [4.78, 5) is 24.8. The highest BCUT2D eigenvalue weighted by molar-refractivity contribution is 6.27. The van der Waals surface area contributed by atoms with Gasteiger partial charge in [0, 0.05) is 35.4 Å². The highest BCUT2D eigenvalue weighted by Gasteiger charge is 2.24. The van der Waals surface area contributed by atoms with Gasteiger partial charge in [-0.25, -0.2) is 0 Å². The van der Waals surface area contributed by atoms with Gasteiger partial charge < -0.3 is 9.47 Å². The zero-order valence-electron chi connectivity index (χ0n) is 26.0. The molecule has 0 aliphatic rings. The zero-order chi connectivity index (χ0) is 30.8. The number of fused-ring (bicyclic) bond motifs is 4. The van der Waals surface area contributed by atoms with Gasteiger partial charge in [-0.3, -0.25) is 9.59 Å². The average molecular weight is 583 g/mol. The van der Waals surface area contributed by atoms with E-state index in [1.807, 2.05) is 36.4 Å². The summed E-state index contributed by atoms with van der Waals surface area (Å²) in [5.74, 6) is 0.480. The summed E-state index contributed by atoms with van der Waals surface area (Å²) in [6.07, 6.45) is 6.33. The van der Waals surface area contributed by atoms with Crippen molar-refractivity contribution in [2.24, 2.45) is 0 Å². The Kier molecular flexibility index (Phi) is 8.34. The Morgan fingerprint density at radius 3 is 1.23 bits per heavy atom. The second-order valence-corrected chi connectivity index (χ2v) is 11.7. The Labute approximate surface area is 258 Å². The quantitative estimate of drug-likeness (QED) is 0.0967. The molecule has 0 radical (unpaired) electrons. The van der Waals surface area contributed by atoms with E-state index in [-0.39, 0.29) is 11.9 Å². The molecule has 0 bridgehead atoms. The first-order valence-electron chi connectivity index (χ1n) is 15.7. The third-order valence-corrected chi connectivity index (χ3v) is 8.46. The van der Waals surface area contributed by atoms with E-state index >= 15 is 0 Å². The van der Waals surface area contributed by atoms with Crippen LogP contribution in [-0.4, -0.2) is 11.9 Å². The Hall–Kier alpha value is -4.70. The number of esters is 2. The number of aryl methyl sites for hydroxylation is 2. The lowest BCUT2D eigenvalue weighted by Gasteiger charge is -2.22. The molecule has 222 valence electrons. The van der Waals surface area contributed by atoms with Crippen LogP contribution in [0.4, 0.5) is 0 Å². The molecule has 4 heteroatoms. The van der Waals surface area contributed by atoms with Gasteiger partial charge in [0.25, 0.3) is 0 Å². The number of hydrogen-bond donors (Lipinski definition) is 0. The normalized spacial score (nSPS) is 11.5. The van der Waals surface area contributed by atoms with Crippen molar-refractivity contribution in [1.82, 2.24) is 0 Å². The highest BCUT2D eigenvalue weighted by atomic mass is 16.5. The fraction of sp³-hybridized carbons (Fsp3) is 0.250. The molecule has 0 aliphatic heterocycles. The number of ether oxygens (including phenoxy) is 2. The van der Waals surface area contributed by atoms with Gasteiger partial charge in [0.2, 0.25) is 0 Å². The molecule has 0 atom stereocenters. The maximum atomic E-state index is 12.4. The van der Waals surface area contributed by atoms with Crippen molar-refractivity contribution in [2.45, 2.75) is 66.2 Å². The molecule has 0 amide bonds. The van der Waals surface area contributed by atoms with Gasteiger partial charge in [0.15, 0.2) is 0 Å². The first-order valence-corrected chi connectivity index (χ1v) is 15.7. The van der Waals surface area contributed by atoms with E-state index in [1.54, 1.807) is 0 Å². The smallest absolute Gasteiger partial charge is 0.308 e. The third-order valence-electron chi connectivity index (χ3n) is 8.46. The molecule has 0 fully saturated rings. The first kappa shape index (κ1) is 29.4. The largest absolute Gasteiger partial charge is 0.425 e. The fourth-order valence-electron chi connectivity index (χ4n) is 6.49. The molecular formula is C40H38O4. The van der Waals surface area contributed by atoms with Gasteiger partial charge >= 0.3 is 11.9 Å². The highest BCUT2D eigenvalue weighted by Crippen LogP contribution is 2.50. The van der Waals surface area contributed by atoms with Crippen LogP contribution in [0, 0.1) is 0 Å². The number of benzene rings is 6. The molecule has 0 aliphatic carbocycles. The van der Waals surface area contributed by atoms with Gasteiger partial charge in [0.1, 0.15) is 11.5 Å². The van der Waals surface area contributed by atoms with Gasteiger partial charge in [-0.2, -0.15) is 0 Å². The van der Waals surface area contributed by atoms with Crippen LogP contribution in [-0.2, 0) is 22.4 Å². The fourth-order valence-corrected chi connectivity index (χ4v) is 6.49. The summed E-state index contributed by atoms with van der Waals surface area (Å²) in [5, 5.41) is 7.67. The number of rotatable bonds is 9. The minimum atomic E-state index is -0.346. The molecule has 0 unspecified atom stereocenters. The van der Waals surface area contributed by atoms with Crippen LogP contribution in [0.3, 0.4) is 0 Å². The second kappa shape index (κ2) is 12.5. The Morgan fingerprint density at radius 2 is 0.864 bits per heavy atom. The van der Waals surface area contributed by atoms with Crippen LogP contribution in [0.5, 0.6) is 11.5 Å². The Bertz CT molecular complexity index is 1900. The van der Waals surface area contributed by atoms with Crippen molar-refractivity contribution in [1.29, 1.82) is 0 Å². The number of carbonyl (C=O) groups excluding carboxylic acids is 2. The molecule has 6 aromatic carbocycles. The van der Waals surface area contributed by atoms with E-state index in [1.165, 1.54) is 25.0 Å². The molecule has 4 nitrogen and oxygen atoms in total. The predicted molar refractivity (Wildman–Crippen MR) is 182 cm³/mol. The third kappa shape index (κ3) is 5.41. The van der Waals surface area contributed by atoms with Crippen molar-refractivity contribution >= 4 is 55.0 Å². The van der Waals surface area contributed by atoms with Crippen molar-refractivity contribution in [2.75, 3.05) is 0 Å². The summed E-state index contributed by atoms with van der Waals surface area (Å²) in [5.41, 5.74) is 4.68. The Balaban J connectivity index is 1.84. The molecule has 6 rings (SSSR count). The summed E-state index contributed by atoms with van der Waals surface area (Å²) in [7, 11) is 0. The SMILES string of the molecule is CCCCc1ccc2c(OC(C)=O)c3ccccc3c(-c3c4ccccc4c(OC(C)=O)c4ccc(CCCC)cc34)c2c1. The summed E-state index contributed by atoms with van der Waals surface area (Å²) in [6, 6.07) is 29.5. The van der Waals surface area contributed by atoms with Crippen LogP contribution < -0.4 is 9.47 Å². The molecule has 44 heavy (non-hydrogen) atoms. The predicted octanol–water partition coefficient (Wildman–Crippen LogP) is 10.5. The van der Waals surface area contributed by atoms with Crippen LogP contribution in [0.1, 0.15) is 64.5 Å². The molecule has 0 spiro atoms. The number of unbranched alkanes of at least 4 members (excludes halogenated alkanes) is 2. The van der Waals surface area contributed by atoms with Crippen LogP contribution in [0.15, 0.2) is 84.9 Å². The minimum absolute atomic E-state index is 0.346. The Morgan fingerprint density at radius 1 is 0.500 bits per heavy atom. The number of carbonyl (C=O) groups is 2. The van der Waals surface area contributed by atoms with Gasteiger partial charge in [-0.05, 0) is 69.5 Å². The monoisotopic (exact) mass is 582 g/mol. The van der Waals surface area contributed by atoms with Crippen molar-refractivity contribution in [3.8, 4) is 22.6 Å². The lowest BCUT2D eigenvalue weighted by molar-refractivity contribution is -0.132. The minimum Gasteiger partial charge on any atom is -0.425 e. The molecule has 0 aromatic heterocycles. The van der Waals surface area contributed by atoms with Gasteiger partial charge in [0.05, 0.1) is 0 Å². The summed E-state index contributed by atoms with van der Waals surface area (Å²) in [6.45, 7) is 7.32. The average Bonchev–Trinajstić information content (AvgIpc) is 3.03. The van der Waals surface area contributed by atoms with Gasteiger partial charge in [-0.15, -0.1) is 0 Å². The standard InChI is InChI=1S/C40H38O4/c1-5-7-13-27-19-21-33-35(23-27)37(29-15-9-11-17-31(29)39(33)43-25(3)41)38-30-16-10-12-18-32(30)40(44-26(4)42)34-22-20-28(14-8-6-2)24-36(34)38/h9-12,15-24H,5-8,13-14H2,1-4H3. The van der Waals surface area contributed by atoms with Crippen LogP contribution in [0.2, 0.25) is 0 Å². The summed E-state index contributed by atoms with van der Waals surface area (Å²) < 4.78 is 11.9. The topological polar surface area (TPSA) is 52.6 Å². The zero-order valence-corrected chi connectivity index (χ0v) is 26.0. The van der Waals surface area contributed by atoms with E-state index in [0.717, 1.165) is 92.7 Å². The van der Waals surface area contributed by atoms with Gasteiger partial charge in [-0.1, -0.05) is 112 Å². The molecule has 0 heterocycles. The second-order valence-electron chi connectivity index (χ2n) is 11.7. The maximum Gasteiger partial charge on any atom is 0.308 e. The molecule has 0 saturated carbocycles. The lowest BCUT2D eigenvalue weighted by Crippen LogP contribution is -2.05. The van der Waals surface area contributed by atoms with E-state index < -0.39 is 0 Å². The lowest BCUT2D eigenvalue weighted by atomic mass is 9.84. The molecule has 0 saturated heterocycles. The summed E-state index contributed by atoms with van der Waals surface area (Å²) >= 11 is 0. The van der Waals surface area contributed by atoms with Crippen molar-refractivity contribution in [3.05, 3.63) is 96.1 Å². The van der Waals surface area contributed by atoms with Crippen molar-refractivity contribution < 1.29 is 19.1 Å². The molecule has 6 aromatic rings. The maximum absolute atomic E-state index is 12.4. The molecule has 0 N–H and O–H groups in total. The van der Waals surface area contributed by atoms with E-state index in [0.29, 0.717) is 11.5 Å². The van der Waals surface area contributed by atoms with E-state index in [4.69, 9.17) is 9.47 Å². The first-order chi connectivity index (χ1) is 21.4. The number of hydrogen-bond acceptors (Lipinski definition) is 4. The van der Waals surface area contributed by atoms with Crippen molar-refractivity contribution in [3.63, 3.8) is 0 Å². The van der Waals surface area contributed by atoms with Crippen LogP contribution in [0.25, 0.3) is 54.2 Å².